The van der Waals surface area contributed by atoms with E-state index in [1.807, 2.05) is 0 Å². The van der Waals surface area contributed by atoms with Crippen LogP contribution in [-0.2, 0) is 9.53 Å². The van der Waals surface area contributed by atoms with Gasteiger partial charge in [0.05, 0.1) is 13.5 Å². The van der Waals surface area contributed by atoms with Gasteiger partial charge in [0.1, 0.15) is 11.6 Å². The number of carbonyl (C=O) groups excluding carboxylic acids is 1. The molecule has 0 saturated carbocycles. The summed E-state index contributed by atoms with van der Waals surface area (Å²) >= 11 is 0. The highest BCUT2D eigenvalue weighted by molar-refractivity contribution is 5.70. The maximum atomic E-state index is 13.2. The number of carbonyl (C=O) groups is 1. The van der Waals surface area contributed by atoms with E-state index in [-0.39, 0.29) is 12.0 Å². The molecule has 0 fully saturated rings. The SMILES string of the molecule is COC(=O)CC(N)c1ccc(F)cc1F. The topological polar surface area (TPSA) is 52.3 Å². The van der Waals surface area contributed by atoms with Crippen molar-refractivity contribution in [3.05, 3.63) is 35.4 Å². The molecule has 0 amide bonds. The molecule has 2 N–H and O–H groups in total. The Bertz CT molecular complexity index is 368. The van der Waals surface area contributed by atoms with Crippen molar-refractivity contribution in [3.8, 4) is 0 Å². The van der Waals surface area contributed by atoms with Crippen molar-refractivity contribution in [1.29, 1.82) is 0 Å². The second kappa shape index (κ2) is 4.84. The fraction of sp³-hybridized carbons (Fsp3) is 0.300. The van der Waals surface area contributed by atoms with Crippen LogP contribution >= 0.6 is 0 Å². The second-order valence-electron chi connectivity index (χ2n) is 3.05. The Labute approximate surface area is 85.8 Å². The summed E-state index contributed by atoms with van der Waals surface area (Å²) in [5.74, 6) is -1.97. The lowest BCUT2D eigenvalue weighted by molar-refractivity contribution is -0.141. The van der Waals surface area contributed by atoms with Crippen molar-refractivity contribution < 1.29 is 18.3 Å². The average Bonchev–Trinajstić information content (AvgIpc) is 2.17. The van der Waals surface area contributed by atoms with Crippen LogP contribution in [0, 0.1) is 11.6 Å². The van der Waals surface area contributed by atoms with Crippen LogP contribution in [0.5, 0.6) is 0 Å². The molecule has 0 bridgehead atoms. The number of esters is 1. The number of methoxy groups -OCH3 is 1. The Morgan fingerprint density at radius 3 is 2.73 bits per heavy atom. The minimum atomic E-state index is -0.821. The number of hydrogen-bond donors (Lipinski definition) is 1. The van der Waals surface area contributed by atoms with E-state index in [2.05, 4.69) is 4.74 Å². The number of halogens is 2. The largest absolute Gasteiger partial charge is 0.469 e. The van der Waals surface area contributed by atoms with Crippen LogP contribution in [-0.4, -0.2) is 13.1 Å². The molecule has 1 aromatic rings. The average molecular weight is 215 g/mol. The summed E-state index contributed by atoms with van der Waals surface area (Å²) in [7, 11) is 1.22. The van der Waals surface area contributed by atoms with Gasteiger partial charge in [-0.2, -0.15) is 0 Å². The molecule has 0 aliphatic heterocycles. The predicted octanol–water partition coefficient (Wildman–Crippen LogP) is 1.53. The zero-order chi connectivity index (χ0) is 11.4. The van der Waals surface area contributed by atoms with Gasteiger partial charge < -0.3 is 10.5 Å². The van der Waals surface area contributed by atoms with Gasteiger partial charge in [-0.25, -0.2) is 8.78 Å². The Hall–Kier alpha value is -1.49. The molecule has 0 aromatic heterocycles. The van der Waals surface area contributed by atoms with Crippen molar-refractivity contribution >= 4 is 5.97 Å². The van der Waals surface area contributed by atoms with Crippen LogP contribution in [0.1, 0.15) is 18.0 Å². The number of nitrogens with two attached hydrogens (primary N) is 1. The maximum Gasteiger partial charge on any atom is 0.307 e. The van der Waals surface area contributed by atoms with Crippen LogP contribution in [0.2, 0.25) is 0 Å². The first-order chi connectivity index (χ1) is 7.04. The molecule has 0 aliphatic rings. The van der Waals surface area contributed by atoms with Crippen LogP contribution in [0.4, 0.5) is 8.78 Å². The fourth-order valence-corrected chi connectivity index (χ4v) is 1.18. The molecule has 0 spiro atoms. The summed E-state index contributed by atoms with van der Waals surface area (Å²) in [4.78, 5) is 10.9. The molecule has 0 saturated heterocycles. The maximum absolute atomic E-state index is 13.2. The van der Waals surface area contributed by atoms with Gasteiger partial charge >= 0.3 is 5.97 Å². The minimum Gasteiger partial charge on any atom is -0.469 e. The first kappa shape index (κ1) is 11.6. The van der Waals surface area contributed by atoms with Crippen LogP contribution in [0.3, 0.4) is 0 Å². The molecule has 1 atom stereocenters. The van der Waals surface area contributed by atoms with Gasteiger partial charge in [-0.15, -0.1) is 0 Å². The Morgan fingerprint density at radius 2 is 2.20 bits per heavy atom. The minimum absolute atomic E-state index is 0.0989. The summed E-state index contributed by atoms with van der Waals surface area (Å²) in [6, 6.07) is 2.22. The Morgan fingerprint density at radius 1 is 1.53 bits per heavy atom. The molecule has 3 nitrogen and oxygen atoms in total. The monoisotopic (exact) mass is 215 g/mol. The van der Waals surface area contributed by atoms with Gasteiger partial charge in [0, 0.05) is 17.7 Å². The highest BCUT2D eigenvalue weighted by atomic mass is 19.1. The summed E-state index contributed by atoms with van der Waals surface area (Å²) in [5.41, 5.74) is 5.66. The van der Waals surface area contributed by atoms with Gasteiger partial charge in [0.2, 0.25) is 0 Å². The molecule has 82 valence electrons. The number of ether oxygens (including phenoxy) is 1. The van der Waals surface area contributed by atoms with Crippen molar-refractivity contribution in [3.63, 3.8) is 0 Å². The molecule has 1 unspecified atom stereocenters. The van der Waals surface area contributed by atoms with E-state index in [0.717, 1.165) is 12.1 Å². The highest BCUT2D eigenvalue weighted by Gasteiger charge is 2.15. The molecular formula is C10H11F2NO2. The quantitative estimate of drug-likeness (QED) is 0.778. The Kier molecular flexibility index (Phi) is 3.74. The van der Waals surface area contributed by atoms with E-state index in [0.29, 0.717) is 0 Å². The molecule has 1 aromatic carbocycles. The van der Waals surface area contributed by atoms with Crippen molar-refractivity contribution in [2.75, 3.05) is 7.11 Å². The first-order valence-corrected chi connectivity index (χ1v) is 4.32. The number of rotatable bonds is 3. The van der Waals surface area contributed by atoms with E-state index < -0.39 is 23.6 Å². The number of hydrogen-bond acceptors (Lipinski definition) is 3. The molecule has 1 rings (SSSR count). The molecule has 0 heterocycles. The molecular weight excluding hydrogens is 204 g/mol. The summed E-state index contributed by atoms with van der Waals surface area (Å²) in [5, 5.41) is 0. The second-order valence-corrected chi connectivity index (χ2v) is 3.05. The van der Waals surface area contributed by atoms with Crippen molar-refractivity contribution in [1.82, 2.24) is 0 Å². The standard InChI is InChI=1S/C10H11F2NO2/c1-15-10(14)5-9(13)7-3-2-6(11)4-8(7)12/h2-4,9H,5,13H2,1H3. The van der Waals surface area contributed by atoms with Gasteiger partial charge in [0.15, 0.2) is 0 Å². The summed E-state index contributed by atoms with van der Waals surface area (Å²) in [6.45, 7) is 0. The highest BCUT2D eigenvalue weighted by Crippen LogP contribution is 2.18. The summed E-state index contributed by atoms with van der Waals surface area (Å²) in [6.07, 6.45) is -0.140. The molecule has 0 aliphatic carbocycles. The van der Waals surface area contributed by atoms with Crippen LogP contribution in [0.25, 0.3) is 0 Å². The smallest absolute Gasteiger partial charge is 0.307 e. The van der Waals surface area contributed by atoms with Crippen LogP contribution in [0.15, 0.2) is 18.2 Å². The van der Waals surface area contributed by atoms with E-state index in [9.17, 15) is 13.6 Å². The zero-order valence-electron chi connectivity index (χ0n) is 8.17. The van der Waals surface area contributed by atoms with E-state index in [4.69, 9.17) is 5.73 Å². The fourth-order valence-electron chi connectivity index (χ4n) is 1.18. The van der Waals surface area contributed by atoms with Gasteiger partial charge in [0.25, 0.3) is 0 Å². The Balaban J connectivity index is 2.82. The first-order valence-electron chi connectivity index (χ1n) is 4.32. The zero-order valence-corrected chi connectivity index (χ0v) is 8.17. The molecule has 5 heteroatoms. The lowest BCUT2D eigenvalue weighted by Crippen LogP contribution is -2.17. The third-order valence-corrected chi connectivity index (χ3v) is 1.98. The van der Waals surface area contributed by atoms with Gasteiger partial charge in [-0.1, -0.05) is 6.07 Å². The molecule has 0 radical (unpaired) electrons. The lowest BCUT2D eigenvalue weighted by Gasteiger charge is -2.11. The van der Waals surface area contributed by atoms with E-state index in [1.165, 1.54) is 13.2 Å². The normalized spacial score (nSPS) is 12.3. The predicted molar refractivity (Wildman–Crippen MR) is 49.9 cm³/mol. The van der Waals surface area contributed by atoms with E-state index >= 15 is 0 Å². The van der Waals surface area contributed by atoms with Crippen LogP contribution < -0.4 is 5.73 Å². The third kappa shape index (κ3) is 2.99. The lowest BCUT2D eigenvalue weighted by atomic mass is 10.0. The van der Waals surface area contributed by atoms with Crippen molar-refractivity contribution in [2.24, 2.45) is 5.73 Å². The van der Waals surface area contributed by atoms with Crippen molar-refractivity contribution in [2.45, 2.75) is 12.5 Å². The van der Waals surface area contributed by atoms with Gasteiger partial charge in [-0.05, 0) is 6.07 Å². The summed E-state index contributed by atoms with van der Waals surface area (Å²) < 4.78 is 30.1. The molecule has 15 heavy (non-hydrogen) atoms. The van der Waals surface area contributed by atoms with Gasteiger partial charge in [-0.3, -0.25) is 4.79 Å². The number of benzene rings is 1. The van der Waals surface area contributed by atoms with E-state index in [1.54, 1.807) is 0 Å². The third-order valence-electron chi connectivity index (χ3n) is 1.98.